The minimum Gasteiger partial charge on any atom is -0.465 e. The molecule has 0 saturated carbocycles. The summed E-state index contributed by atoms with van der Waals surface area (Å²) in [6.07, 6.45) is -10.6. The van der Waals surface area contributed by atoms with Crippen LogP contribution in [0.15, 0.2) is 16.6 Å². The van der Waals surface area contributed by atoms with Gasteiger partial charge in [-0.3, -0.25) is 0 Å². The molecule has 0 radical (unpaired) electrons. The number of methoxy groups -OCH3 is 1. The molecule has 1 rings (SSSR count). The Morgan fingerprint density at radius 3 is 2.00 bits per heavy atom. The van der Waals surface area contributed by atoms with Crippen molar-refractivity contribution in [2.45, 2.75) is 12.4 Å². The second-order valence-corrected chi connectivity index (χ2v) is 4.19. The van der Waals surface area contributed by atoms with Gasteiger partial charge in [-0.2, -0.15) is 26.3 Å². The molecule has 19 heavy (non-hydrogen) atoms. The summed E-state index contributed by atoms with van der Waals surface area (Å²) in [6.45, 7) is 0. The van der Waals surface area contributed by atoms with Gasteiger partial charge in [0, 0.05) is 4.47 Å². The number of alkyl halides is 6. The largest absolute Gasteiger partial charge is 0.465 e. The highest BCUT2D eigenvalue weighted by molar-refractivity contribution is 9.10. The molecule has 0 spiro atoms. The van der Waals surface area contributed by atoms with Gasteiger partial charge >= 0.3 is 18.3 Å². The quantitative estimate of drug-likeness (QED) is 0.558. The molecule has 0 fully saturated rings. The maximum atomic E-state index is 12.8. The van der Waals surface area contributed by atoms with Crippen LogP contribution in [-0.2, 0) is 17.1 Å². The van der Waals surface area contributed by atoms with E-state index in [9.17, 15) is 31.1 Å². The molecule has 0 amide bonds. The molecule has 1 aromatic rings. The third-order valence-electron chi connectivity index (χ3n) is 2.13. The van der Waals surface area contributed by atoms with Crippen LogP contribution in [0.2, 0.25) is 0 Å². The number of carbonyl (C=O) groups is 1. The van der Waals surface area contributed by atoms with E-state index in [-0.39, 0.29) is 6.07 Å². The van der Waals surface area contributed by atoms with Gasteiger partial charge in [0.2, 0.25) is 0 Å². The maximum absolute atomic E-state index is 12.8. The SMILES string of the molecule is COC(=O)c1c(Br)ccc(C(F)(F)F)c1C(F)(F)F. The summed E-state index contributed by atoms with van der Waals surface area (Å²) in [5.74, 6) is -1.51. The minimum atomic E-state index is -5.35. The third-order valence-corrected chi connectivity index (χ3v) is 2.79. The molecule has 0 aliphatic carbocycles. The Bertz CT molecular complexity index is 506. The van der Waals surface area contributed by atoms with E-state index in [1.54, 1.807) is 0 Å². The molecule has 0 heterocycles. The van der Waals surface area contributed by atoms with Crippen LogP contribution in [0.4, 0.5) is 26.3 Å². The predicted molar refractivity (Wildman–Crippen MR) is 55.5 cm³/mol. The van der Waals surface area contributed by atoms with Crippen LogP contribution in [-0.4, -0.2) is 13.1 Å². The fourth-order valence-electron chi connectivity index (χ4n) is 1.41. The summed E-state index contributed by atoms with van der Waals surface area (Å²) in [4.78, 5) is 11.3. The van der Waals surface area contributed by atoms with Gasteiger partial charge in [-0.15, -0.1) is 0 Å². The lowest BCUT2D eigenvalue weighted by molar-refractivity contribution is -0.162. The summed E-state index contributed by atoms with van der Waals surface area (Å²) >= 11 is 2.61. The van der Waals surface area contributed by atoms with E-state index in [1.807, 2.05) is 0 Å². The molecular weight excluding hydrogens is 346 g/mol. The van der Waals surface area contributed by atoms with Crippen LogP contribution in [0.25, 0.3) is 0 Å². The maximum Gasteiger partial charge on any atom is 0.417 e. The molecule has 0 atom stereocenters. The van der Waals surface area contributed by atoms with Gasteiger partial charge in [-0.25, -0.2) is 4.79 Å². The van der Waals surface area contributed by atoms with Crippen molar-refractivity contribution in [3.63, 3.8) is 0 Å². The number of rotatable bonds is 1. The van der Waals surface area contributed by atoms with Gasteiger partial charge in [0.05, 0.1) is 23.8 Å². The zero-order valence-corrected chi connectivity index (χ0v) is 10.7. The van der Waals surface area contributed by atoms with E-state index in [4.69, 9.17) is 0 Å². The highest BCUT2D eigenvalue weighted by atomic mass is 79.9. The second-order valence-electron chi connectivity index (χ2n) is 3.33. The van der Waals surface area contributed by atoms with E-state index in [0.29, 0.717) is 6.07 Å². The van der Waals surface area contributed by atoms with Crippen molar-refractivity contribution in [1.29, 1.82) is 0 Å². The average molecular weight is 351 g/mol. The van der Waals surface area contributed by atoms with E-state index in [2.05, 4.69) is 20.7 Å². The fourth-order valence-corrected chi connectivity index (χ4v) is 1.90. The molecular formula is C10H5BrF6O2. The molecule has 0 aliphatic rings. The van der Waals surface area contributed by atoms with Crippen molar-refractivity contribution < 1.29 is 35.9 Å². The van der Waals surface area contributed by atoms with Crippen molar-refractivity contribution in [2.75, 3.05) is 7.11 Å². The lowest BCUT2D eigenvalue weighted by atomic mass is 10.00. The highest BCUT2D eigenvalue weighted by Crippen LogP contribution is 2.44. The molecule has 106 valence electrons. The Hall–Kier alpha value is -1.25. The first-order valence-corrected chi connectivity index (χ1v) is 5.34. The smallest absolute Gasteiger partial charge is 0.417 e. The van der Waals surface area contributed by atoms with Crippen molar-refractivity contribution >= 4 is 21.9 Å². The van der Waals surface area contributed by atoms with Gasteiger partial charge in [0.1, 0.15) is 0 Å². The number of carbonyl (C=O) groups excluding carboxylic acids is 1. The summed E-state index contributed by atoms with van der Waals surface area (Å²) in [7, 11) is 0.773. The predicted octanol–water partition coefficient (Wildman–Crippen LogP) is 4.27. The Morgan fingerprint density at radius 1 is 1.11 bits per heavy atom. The molecule has 2 nitrogen and oxygen atoms in total. The second kappa shape index (κ2) is 5.03. The van der Waals surface area contributed by atoms with E-state index in [1.165, 1.54) is 0 Å². The van der Waals surface area contributed by atoms with Crippen molar-refractivity contribution in [2.24, 2.45) is 0 Å². The number of ether oxygens (including phenoxy) is 1. The molecule has 1 aromatic carbocycles. The van der Waals surface area contributed by atoms with Gasteiger partial charge in [0.25, 0.3) is 0 Å². The van der Waals surface area contributed by atoms with E-state index in [0.717, 1.165) is 7.11 Å². The monoisotopic (exact) mass is 350 g/mol. The molecule has 0 aliphatic heterocycles. The lowest BCUT2D eigenvalue weighted by Crippen LogP contribution is -2.22. The van der Waals surface area contributed by atoms with Gasteiger partial charge in [-0.1, -0.05) is 0 Å². The first-order valence-electron chi connectivity index (χ1n) is 4.55. The van der Waals surface area contributed by atoms with Crippen LogP contribution in [0, 0.1) is 0 Å². The van der Waals surface area contributed by atoms with Gasteiger partial charge in [0.15, 0.2) is 0 Å². The summed E-state index contributed by atoms with van der Waals surface area (Å²) in [6, 6.07) is 0.962. The van der Waals surface area contributed by atoms with Crippen LogP contribution in [0.5, 0.6) is 0 Å². The average Bonchev–Trinajstić information content (AvgIpc) is 2.24. The van der Waals surface area contributed by atoms with Crippen molar-refractivity contribution in [3.8, 4) is 0 Å². The zero-order valence-electron chi connectivity index (χ0n) is 9.12. The first-order chi connectivity index (χ1) is 8.50. The zero-order chi connectivity index (χ0) is 15.0. The number of benzene rings is 1. The molecule has 0 aromatic heterocycles. The standard InChI is InChI=1S/C10H5BrF6O2/c1-19-8(18)6-5(11)3-2-4(9(12,13)14)7(6)10(15,16)17/h2-3H,1H3. The Labute approximate surface area is 111 Å². The van der Waals surface area contributed by atoms with Gasteiger partial charge < -0.3 is 4.74 Å². The van der Waals surface area contributed by atoms with Crippen molar-refractivity contribution in [3.05, 3.63) is 33.3 Å². The van der Waals surface area contributed by atoms with E-state index < -0.39 is 39.5 Å². The van der Waals surface area contributed by atoms with Crippen LogP contribution >= 0.6 is 15.9 Å². The number of esters is 1. The van der Waals surface area contributed by atoms with E-state index >= 15 is 0 Å². The Morgan fingerprint density at radius 2 is 1.63 bits per heavy atom. The van der Waals surface area contributed by atoms with Crippen LogP contribution < -0.4 is 0 Å². The minimum absolute atomic E-state index is 0.249. The highest BCUT2D eigenvalue weighted by Gasteiger charge is 2.46. The molecule has 0 bridgehead atoms. The molecule has 0 saturated heterocycles. The number of hydrogen-bond donors (Lipinski definition) is 0. The topological polar surface area (TPSA) is 26.3 Å². The van der Waals surface area contributed by atoms with Gasteiger partial charge in [-0.05, 0) is 28.1 Å². The normalized spacial score (nSPS) is 12.4. The number of halogens is 7. The summed E-state index contributed by atoms with van der Waals surface area (Å²) in [5.41, 5.74) is -5.21. The summed E-state index contributed by atoms with van der Waals surface area (Å²) < 4.78 is 79.8. The fraction of sp³-hybridized carbons (Fsp3) is 0.300. The third kappa shape index (κ3) is 3.20. The van der Waals surface area contributed by atoms with Crippen LogP contribution in [0.3, 0.4) is 0 Å². The molecule has 0 N–H and O–H groups in total. The molecule has 0 unspecified atom stereocenters. The first kappa shape index (κ1) is 15.8. The summed E-state index contributed by atoms with van der Waals surface area (Å²) in [5, 5.41) is 0. The van der Waals surface area contributed by atoms with Crippen LogP contribution in [0.1, 0.15) is 21.5 Å². The Balaban J connectivity index is 3.76. The molecule has 9 heteroatoms. The Kier molecular flexibility index (Phi) is 4.18. The lowest BCUT2D eigenvalue weighted by Gasteiger charge is -2.19. The van der Waals surface area contributed by atoms with Crippen molar-refractivity contribution in [1.82, 2.24) is 0 Å². The number of hydrogen-bond acceptors (Lipinski definition) is 2.